The van der Waals surface area contributed by atoms with Crippen molar-refractivity contribution in [3.8, 4) is 0 Å². The van der Waals surface area contributed by atoms with E-state index in [4.69, 9.17) is 8.83 Å². The molecule has 7 fully saturated rings. The SMILES string of the molecule is Cn1c(=O)oc2ccc(CNC(=O)c3cc(C(=O)NCC45CC6CC(CC(C6)C4)C5)n4nccc4n3)cc21.Cn1c(=O)oc2ccc(CNC(=O)c3cc(C(=O)NCC45CCC(CC4)CC5)n4nccc4n3)cc21. The molecule has 7 aliphatic carbocycles. The van der Waals surface area contributed by atoms with Crippen LogP contribution >= 0.6 is 0 Å². The summed E-state index contributed by atoms with van der Waals surface area (Å²) in [5, 5.41) is 20.5. The number of fused-ring (bicyclic) bond motifs is 7. The molecule has 20 nitrogen and oxygen atoms in total. The van der Waals surface area contributed by atoms with Gasteiger partial charge in [-0.05, 0) is 147 Å². The number of nitrogens with one attached hydrogen (secondary N) is 4. The first-order valence-electron chi connectivity index (χ1n) is 25.8. The Balaban J connectivity index is 0.000000150. The lowest BCUT2D eigenvalue weighted by atomic mass is 9.49. The molecule has 8 aromatic rings. The maximum Gasteiger partial charge on any atom is 0.419 e. The first-order chi connectivity index (χ1) is 35.8. The van der Waals surface area contributed by atoms with Gasteiger partial charge in [0.15, 0.2) is 22.5 Å². The zero-order chi connectivity index (χ0) is 50.9. The minimum Gasteiger partial charge on any atom is -0.408 e. The number of hydrogen-bond acceptors (Lipinski definition) is 12. The first-order valence-corrected chi connectivity index (χ1v) is 25.8. The van der Waals surface area contributed by atoms with Crippen LogP contribution in [-0.2, 0) is 27.2 Å². The molecule has 15 rings (SSSR count). The molecule has 0 radical (unpaired) electrons. The van der Waals surface area contributed by atoms with Crippen LogP contribution in [0.1, 0.15) is 130 Å². The third kappa shape index (κ3) is 8.93. The Morgan fingerprint density at radius 1 is 0.554 bits per heavy atom. The van der Waals surface area contributed by atoms with E-state index in [9.17, 15) is 28.8 Å². The highest BCUT2D eigenvalue weighted by Gasteiger charge is 2.51. The van der Waals surface area contributed by atoms with Gasteiger partial charge in [0.25, 0.3) is 23.6 Å². The van der Waals surface area contributed by atoms with Gasteiger partial charge < -0.3 is 30.1 Å². The molecule has 6 bridgehead atoms. The van der Waals surface area contributed by atoms with Crippen LogP contribution in [0.4, 0.5) is 0 Å². The van der Waals surface area contributed by atoms with E-state index in [1.165, 1.54) is 88.1 Å². The van der Waals surface area contributed by atoms with Gasteiger partial charge in [-0.2, -0.15) is 10.2 Å². The summed E-state index contributed by atoms with van der Waals surface area (Å²) in [4.78, 5) is 85.0. The fraction of sp³-hybridized carbons (Fsp3) is 0.444. The smallest absolute Gasteiger partial charge is 0.408 e. The molecule has 0 atom stereocenters. The van der Waals surface area contributed by atoms with Crippen molar-refractivity contribution in [3.63, 3.8) is 0 Å². The van der Waals surface area contributed by atoms with Crippen molar-refractivity contribution < 1.29 is 28.0 Å². The number of aromatic nitrogens is 8. The molecule has 0 saturated heterocycles. The zero-order valence-corrected chi connectivity index (χ0v) is 41.4. The number of carbonyl (C=O) groups is 4. The van der Waals surface area contributed by atoms with Gasteiger partial charge in [0, 0.05) is 64.5 Å². The van der Waals surface area contributed by atoms with E-state index in [-0.39, 0.29) is 52.8 Å². The van der Waals surface area contributed by atoms with Gasteiger partial charge in [0.2, 0.25) is 0 Å². The van der Waals surface area contributed by atoms with Gasteiger partial charge >= 0.3 is 11.5 Å². The van der Waals surface area contributed by atoms with E-state index >= 15 is 0 Å². The molecule has 20 heteroatoms. The normalized spacial score (nSPS) is 23.5. The summed E-state index contributed by atoms with van der Waals surface area (Å²) in [6.45, 7) is 1.77. The topological polar surface area (TPSA) is 247 Å². The number of hydrogen-bond donors (Lipinski definition) is 4. The quantitative estimate of drug-likeness (QED) is 0.113. The number of carbonyl (C=O) groups excluding carboxylic acids is 4. The molecule has 0 unspecified atom stereocenters. The second-order valence-corrected chi connectivity index (χ2v) is 21.8. The predicted octanol–water partition coefficient (Wildman–Crippen LogP) is 5.85. The lowest BCUT2D eigenvalue weighted by molar-refractivity contribution is -0.0503. The number of benzene rings is 2. The van der Waals surface area contributed by atoms with E-state index in [1.807, 2.05) is 0 Å². The largest absolute Gasteiger partial charge is 0.419 e. The van der Waals surface area contributed by atoms with Gasteiger partial charge in [-0.15, -0.1) is 0 Å². The highest BCUT2D eigenvalue weighted by atomic mass is 16.4. The summed E-state index contributed by atoms with van der Waals surface area (Å²) in [6.07, 6.45) is 18.1. The summed E-state index contributed by atoms with van der Waals surface area (Å²) in [5.41, 5.74) is 6.03. The van der Waals surface area contributed by atoms with E-state index in [0.29, 0.717) is 52.3 Å². The van der Waals surface area contributed by atoms with Crippen LogP contribution in [0.5, 0.6) is 0 Å². The average molecular weight is 1000 g/mol. The van der Waals surface area contributed by atoms with E-state index in [1.54, 1.807) is 75.0 Å². The Kier molecular flexibility index (Phi) is 11.8. The van der Waals surface area contributed by atoms with Crippen molar-refractivity contribution in [2.24, 2.45) is 48.6 Å². The molecule has 0 spiro atoms. The van der Waals surface area contributed by atoms with Crippen molar-refractivity contribution in [2.45, 2.75) is 90.1 Å². The Bertz CT molecular complexity index is 3610. The molecule has 4 amide bonds. The van der Waals surface area contributed by atoms with Crippen molar-refractivity contribution in [3.05, 3.63) is 128 Å². The van der Waals surface area contributed by atoms with Gasteiger partial charge in [0.05, 0.1) is 23.4 Å². The standard InChI is InChI=1S/C28H30N6O4.C26H28N6O4/c1-33-21-9-16(2-3-23(21)38-27(33)37)14-29-25(35)20-10-22(34-24(32-20)4-5-31-34)26(36)30-15-28-11-17-6-18(12-28)8-19(7-17)13-28;1-31-19-12-17(2-3-21(19)36-25(31)35)14-27-23(33)18-13-20(32-22(30-18)7-11-29-32)24(34)28-15-26-8-4-16(5-9-26)6-10-26/h2-5,9-10,17-19H,6-8,11-15H2,1H3,(H,29,35)(H,30,36);2-3,7,11-13,16H,4-6,8-10,14-15H2,1H3,(H,27,33)(H,28,34). The molecule has 7 saturated carbocycles. The van der Waals surface area contributed by atoms with Gasteiger partial charge in [0.1, 0.15) is 22.8 Å². The summed E-state index contributed by atoms with van der Waals surface area (Å²) in [6, 6.07) is 16.9. The van der Waals surface area contributed by atoms with E-state index in [0.717, 1.165) is 54.1 Å². The number of aryl methyl sites for hydroxylation is 2. The van der Waals surface area contributed by atoms with Crippen LogP contribution in [0.15, 0.2) is 91.5 Å². The van der Waals surface area contributed by atoms with Crippen LogP contribution in [0.25, 0.3) is 33.5 Å². The van der Waals surface area contributed by atoms with Gasteiger partial charge in [-0.25, -0.2) is 28.6 Å². The summed E-state index contributed by atoms with van der Waals surface area (Å²) in [7, 11) is 3.27. The molecular formula is C54H58N12O8. The number of rotatable bonds is 12. The fourth-order valence-electron chi connectivity index (χ4n) is 13.3. The van der Waals surface area contributed by atoms with Gasteiger partial charge in [-0.3, -0.25) is 28.3 Å². The Hall–Kier alpha value is -7.90. The Morgan fingerprint density at radius 2 is 0.986 bits per heavy atom. The van der Waals surface area contributed by atoms with Crippen molar-refractivity contribution in [2.75, 3.05) is 13.1 Å². The lowest BCUT2D eigenvalue weighted by Gasteiger charge is -2.56. The second-order valence-electron chi connectivity index (χ2n) is 21.8. The second kappa shape index (κ2) is 18.5. The Labute approximate surface area is 423 Å². The lowest BCUT2D eigenvalue weighted by Crippen LogP contribution is -2.51. The molecular weight excluding hydrogens is 945 g/mol. The molecule has 7 aliphatic rings. The van der Waals surface area contributed by atoms with E-state index < -0.39 is 23.3 Å². The maximum absolute atomic E-state index is 13.4. The van der Waals surface area contributed by atoms with Crippen LogP contribution < -0.4 is 32.8 Å². The molecule has 6 heterocycles. The highest BCUT2D eigenvalue weighted by Crippen LogP contribution is 2.59. The molecule has 2 aromatic carbocycles. The van der Waals surface area contributed by atoms with Crippen molar-refractivity contribution in [1.82, 2.24) is 59.6 Å². The van der Waals surface area contributed by atoms with Crippen molar-refractivity contribution >= 4 is 57.1 Å². The monoisotopic (exact) mass is 1000 g/mol. The predicted molar refractivity (Wildman–Crippen MR) is 270 cm³/mol. The highest BCUT2D eigenvalue weighted by molar-refractivity contribution is 5.99. The third-order valence-corrected chi connectivity index (χ3v) is 16.9. The van der Waals surface area contributed by atoms with Crippen molar-refractivity contribution in [1.29, 1.82) is 0 Å². The van der Waals surface area contributed by atoms with Gasteiger partial charge in [-0.1, -0.05) is 12.1 Å². The molecule has 0 aliphatic heterocycles. The first kappa shape index (κ1) is 47.1. The summed E-state index contributed by atoms with van der Waals surface area (Å²) in [5.74, 6) is 1.12. The van der Waals surface area contributed by atoms with Crippen LogP contribution in [0.3, 0.4) is 0 Å². The molecule has 382 valence electrons. The molecule has 4 N–H and O–H groups in total. The van der Waals surface area contributed by atoms with Crippen LogP contribution in [0.2, 0.25) is 0 Å². The van der Waals surface area contributed by atoms with Crippen LogP contribution in [0, 0.1) is 34.5 Å². The average Bonchev–Trinajstić information content (AvgIpc) is 4.22. The number of amides is 4. The van der Waals surface area contributed by atoms with Crippen LogP contribution in [-0.4, -0.2) is 75.0 Å². The summed E-state index contributed by atoms with van der Waals surface area (Å²) < 4.78 is 16.1. The fourth-order valence-corrected chi connectivity index (χ4v) is 13.3. The molecule has 6 aromatic heterocycles. The maximum atomic E-state index is 13.4. The zero-order valence-electron chi connectivity index (χ0n) is 41.4. The minimum atomic E-state index is -0.439. The molecule has 74 heavy (non-hydrogen) atoms. The van der Waals surface area contributed by atoms with E-state index in [2.05, 4.69) is 41.4 Å². The minimum absolute atomic E-state index is 0.140. The third-order valence-electron chi connectivity index (χ3n) is 16.9. The Morgan fingerprint density at radius 3 is 1.43 bits per heavy atom. The number of nitrogens with zero attached hydrogens (tertiary/aromatic N) is 8. The number of oxazole rings is 2. The summed E-state index contributed by atoms with van der Waals surface area (Å²) >= 11 is 0.